The molecule has 1 rings (SSSR count). The number of carbonyl (C=O) groups is 2. The number of rotatable bonds is 3. The average Bonchev–Trinajstić information content (AvgIpc) is 2.39. The Morgan fingerprint density at radius 2 is 1.94 bits per heavy atom. The number of ether oxygens (including phenoxy) is 2. The molecule has 6 nitrogen and oxygen atoms in total. The number of halogens is 1. The number of nitriles is 1. The predicted molar refractivity (Wildman–Crippen MR) is 63.4 cm³/mol. The van der Waals surface area contributed by atoms with Gasteiger partial charge in [0.2, 0.25) is 0 Å². The normalized spacial score (nSPS) is 9.72. The zero-order valence-electron chi connectivity index (χ0n) is 9.64. The van der Waals surface area contributed by atoms with E-state index in [1.54, 1.807) is 0 Å². The summed E-state index contributed by atoms with van der Waals surface area (Å²) >= 11 is 3.15. The van der Waals surface area contributed by atoms with Crippen LogP contribution in [0.3, 0.4) is 0 Å². The second kappa shape index (κ2) is 6.12. The van der Waals surface area contributed by atoms with Gasteiger partial charge in [-0.3, -0.25) is 14.6 Å². The summed E-state index contributed by atoms with van der Waals surface area (Å²) < 4.78 is 9.60. The second-order valence-electron chi connectivity index (χ2n) is 3.18. The summed E-state index contributed by atoms with van der Waals surface area (Å²) in [5, 5.41) is 8.99. The molecule has 0 N–H and O–H groups in total. The van der Waals surface area contributed by atoms with Gasteiger partial charge in [-0.1, -0.05) is 0 Å². The van der Waals surface area contributed by atoms with Crippen molar-refractivity contribution >= 4 is 27.9 Å². The lowest BCUT2D eigenvalue weighted by molar-refractivity contribution is -0.154. The van der Waals surface area contributed by atoms with E-state index >= 15 is 0 Å². The summed E-state index contributed by atoms with van der Waals surface area (Å²) in [5.74, 6) is -3.01. The molecule has 0 atom stereocenters. The Kier molecular flexibility index (Phi) is 4.80. The molecule has 1 heterocycles. The van der Waals surface area contributed by atoms with Crippen LogP contribution in [0.5, 0.6) is 0 Å². The lowest BCUT2D eigenvalue weighted by atomic mass is 10.0. The largest absolute Gasteiger partial charge is 0.468 e. The fourth-order valence-corrected chi connectivity index (χ4v) is 1.66. The first-order valence-electron chi connectivity index (χ1n) is 4.76. The maximum atomic E-state index is 11.6. The Morgan fingerprint density at radius 3 is 2.39 bits per heavy atom. The van der Waals surface area contributed by atoms with Crippen molar-refractivity contribution in [1.29, 1.82) is 5.26 Å². The molecule has 0 aliphatic carbocycles. The maximum absolute atomic E-state index is 11.6. The SMILES string of the molecule is COC(=O)C(C(=O)OC)c1ncc(Br)cc1C#N. The molecular weight excluding hydrogens is 304 g/mol. The molecule has 0 fully saturated rings. The summed E-state index contributed by atoms with van der Waals surface area (Å²) in [4.78, 5) is 27.1. The van der Waals surface area contributed by atoms with Gasteiger partial charge in [0, 0.05) is 10.7 Å². The molecule has 0 aliphatic rings. The topological polar surface area (TPSA) is 89.3 Å². The second-order valence-corrected chi connectivity index (χ2v) is 4.09. The third kappa shape index (κ3) is 2.84. The monoisotopic (exact) mass is 312 g/mol. The van der Waals surface area contributed by atoms with Crippen LogP contribution in [0.1, 0.15) is 17.2 Å². The fraction of sp³-hybridized carbons (Fsp3) is 0.273. The molecule has 1 aromatic heterocycles. The van der Waals surface area contributed by atoms with Crippen molar-refractivity contribution in [3.05, 3.63) is 28.0 Å². The van der Waals surface area contributed by atoms with Crippen molar-refractivity contribution in [1.82, 2.24) is 4.98 Å². The summed E-state index contributed by atoms with van der Waals surface area (Å²) in [6.45, 7) is 0. The van der Waals surface area contributed by atoms with Crippen LogP contribution in [0, 0.1) is 11.3 Å². The van der Waals surface area contributed by atoms with Crippen LogP contribution >= 0.6 is 15.9 Å². The number of aromatic nitrogens is 1. The number of hydrogen-bond donors (Lipinski definition) is 0. The predicted octanol–water partition coefficient (Wildman–Crippen LogP) is 1.15. The van der Waals surface area contributed by atoms with Crippen LogP contribution in [-0.4, -0.2) is 31.1 Å². The first-order valence-corrected chi connectivity index (χ1v) is 5.55. The van der Waals surface area contributed by atoms with Crippen molar-refractivity contribution in [2.75, 3.05) is 14.2 Å². The summed E-state index contributed by atoms with van der Waals surface area (Å²) in [6, 6.07) is 3.33. The Hall–Kier alpha value is -1.94. The van der Waals surface area contributed by atoms with Crippen LogP contribution in [-0.2, 0) is 19.1 Å². The van der Waals surface area contributed by atoms with E-state index < -0.39 is 17.9 Å². The number of nitrogens with zero attached hydrogens (tertiary/aromatic N) is 2. The van der Waals surface area contributed by atoms with Crippen molar-refractivity contribution in [2.24, 2.45) is 0 Å². The molecule has 18 heavy (non-hydrogen) atoms. The van der Waals surface area contributed by atoms with E-state index in [1.165, 1.54) is 12.3 Å². The van der Waals surface area contributed by atoms with E-state index in [4.69, 9.17) is 5.26 Å². The van der Waals surface area contributed by atoms with Crippen molar-refractivity contribution in [3.63, 3.8) is 0 Å². The van der Waals surface area contributed by atoms with Gasteiger partial charge in [0.1, 0.15) is 6.07 Å². The van der Waals surface area contributed by atoms with Gasteiger partial charge < -0.3 is 9.47 Å². The summed E-state index contributed by atoms with van der Waals surface area (Å²) in [6.07, 6.45) is 1.38. The minimum atomic E-state index is -1.36. The number of pyridine rings is 1. The molecule has 0 radical (unpaired) electrons. The van der Waals surface area contributed by atoms with E-state index in [0.29, 0.717) is 4.47 Å². The van der Waals surface area contributed by atoms with E-state index in [2.05, 4.69) is 30.4 Å². The fourth-order valence-electron chi connectivity index (χ4n) is 1.32. The first kappa shape index (κ1) is 14.1. The molecular formula is C11H9BrN2O4. The van der Waals surface area contributed by atoms with E-state index in [1.807, 2.05) is 6.07 Å². The number of hydrogen-bond acceptors (Lipinski definition) is 6. The first-order chi connectivity index (χ1) is 8.54. The van der Waals surface area contributed by atoms with Gasteiger partial charge in [-0.2, -0.15) is 5.26 Å². The molecule has 0 bridgehead atoms. The molecule has 7 heteroatoms. The van der Waals surface area contributed by atoms with Crippen molar-refractivity contribution in [2.45, 2.75) is 5.92 Å². The highest BCUT2D eigenvalue weighted by Crippen LogP contribution is 2.23. The van der Waals surface area contributed by atoms with E-state index in [-0.39, 0.29) is 11.3 Å². The Labute approximate surface area is 112 Å². The molecule has 0 amide bonds. The number of methoxy groups -OCH3 is 2. The van der Waals surface area contributed by atoms with Crippen LogP contribution in [0.25, 0.3) is 0 Å². The minimum Gasteiger partial charge on any atom is -0.468 e. The summed E-state index contributed by atoms with van der Waals surface area (Å²) in [5.41, 5.74) is 0.115. The Morgan fingerprint density at radius 1 is 1.39 bits per heavy atom. The van der Waals surface area contributed by atoms with Crippen LogP contribution in [0.2, 0.25) is 0 Å². The van der Waals surface area contributed by atoms with Gasteiger partial charge >= 0.3 is 11.9 Å². The third-order valence-electron chi connectivity index (χ3n) is 2.15. The molecule has 0 aromatic carbocycles. The summed E-state index contributed by atoms with van der Waals surface area (Å²) in [7, 11) is 2.28. The Balaban J connectivity index is 3.34. The minimum absolute atomic E-state index is 0.0133. The highest BCUT2D eigenvalue weighted by atomic mass is 79.9. The zero-order chi connectivity index (χ0) is 13.7. The van der Waals surface area contributed by atoms with Crippen molar-refractivity contribution in [3.8, 4) is 6.07 Å². The van der Waals surface area contributed by atoms with Gasteiger partial charge in [-0.15, -0.1) is 0 Å². The zero-order valence-corrected chi connectivity index (χ0v) is 11.2. The molecule has 0 unspecified atom stereocenters. The number of esters is 2. The van der Waals surface area contributed by atoms with Gasteiger partial charge in [0.25, 0.3) is 0 Å². The van der Waals surface area contributed by atoms with Gasteiger partial charge in [-0.05, 0) is 22.0 Å². The average molecular weight is 313 g/mol. The lowest BCUT2D eigenvalue weighted by Gasteiger charge is -2.13. The number of carbonyl (C=O) groups excluding carboxylic acids is 2. The molecule has 0 saturated carbocycles. The van der Waals surface area contributed by atoms with Crippen LogP contribution in [0.4, 0.5) is 0 Å². The van der Waals surface area contributed by atoms with Gasteiger partial charge in [-0.25, -0.2) is 0 Å². The molecule has 0 aliphatic heterocycles. The van der Waals surface area contributed by atoms with Crippen LogP contribution in [0.15, 0.2) is 16.7 Å². The molecule has 0 saturated heterocycles. The quantitative estimate of drug-likeness (QED) is 0.614. The molecule has 94 valence electrons. The highest BCUT2D eigenvalue weighted by molar-refractivity contribution is 9.10. The van der Waals surface area contributed by atoms with E-state index in [9.17, 15) is 9.59 Å². The maximum Gasteiger partial charge on any atom is 0.326 e. The van der Waals surface area contributed by atoms with Gasteiger partial charge in [0.15, 0.2) is 5.92 Å². The molecule has 1 aromatic rings. The standard InChI is InChI=1S/C11H9BrN2O4/c1-17-10(15)8(11(16)18-2)9-6(4-13)3-7(12)5-14-9/h3,5,8H,1-2H3. The molecule has 0 spiro atoms. The Bertz CT molecular complexity index is 508. The highest BCUT2D eigenvalue weighted by Gasteiger charge is 2.34. The third-order valence-corrected chi connectivity index (χ3v) is 2.59. The van der Waals surface area contributed by atoms with Crippen LogP contribution < -0.4 is 0 Å². The smallest absolute Gasteiger partial charge is 0.326 e. The van der Waals surface area contributed by atoms with Crippen molar-refractivity contribution < 1.29 is 19.1 Å². The van der Waals surface area contributed by atoms with E-state index in [0.717, 1.165) is 14.2 Å². The van der Waals surface area contributed by atoms with Gasteiger partial charge in [0.05, 0.1) is 25.5 Å². The lowest BCUT2D eigenvalue weighted by Crippen LogP contribution is -2.26.